The van der Waals surface area contributed by atoms with Crippen molar-refractivity contribution in [1.29, 1.82) is 0 Å². The van der Waals surface area contributed by atoms with Gasteiger partial charge in [-0.15, -0.1) is 0 Å². The summed E-state index contributed by atoms with van der Waals surface area (Å²) < 4.78 is 0. The number of primary amides is 1. The SMILES string of the molecule is NC(=O)CCCNCc1ccc(Cl)cc1Cl. The summed E-state index contributed by atoms with van der Waals surface area (Å²) in [7, 11) is 0. The Morgan fingerprint density at radius 3 is 2.75 bits per heavy atom. The van der Waals surface area contributed by atoms with Crippen molar-refractivity contribution in [3.05, 3.63) is 33.8 Å². The third-order valence-corrected chi connectivity index (χ3v) is 2.69. The van der Waals surface area contributed by atoms with Gasteiger partial charge in [0, 0.05) is 23.0 Å². The first-order valence-electron chi connectivity index (χ1n) is 5.02. The largest absolute Gasteiger partial charge is 0.370 e. The second-order valence-electron chi connectivity index (χ2n) is 3.48. The molecule has 0 unspecified atom stereocenters. The summed E-state index contributed by atoms with van der Waals surface area (Å²) in [6.07, 6.45) is 1.14. The van der Waals surface area contributed by atoms with Crippen LogP contribution >= 0.6 is 23.2 Å². The molecule has 3 nitrogen and oxygen atoms in total. The summed E-state index contributed by atoms with van der Waals surface area (Å²) in [6, 6.07) is 5.39. The molecule has 0 aliphatic rings. The first-order valence-corrected chi connectivity index (χ1v) is 5.78. The van der Waals surface area contributed by atoms with Crippen molar-refractivity contribution in [3.63, 3.8) is 0 Å². The van der Waals surface area contributed by atoms with E-state index in [1.165, 1.54) is 0 Å². The van der Waals surface area contributed by atoms with Gasteiger partial charge in [0.2, 0.25) is 5.91 Å². The van der Waals surface area contributed by atoms with E-state index < -0.39 is 0 Å². The Hall–Kier alpha value is -0.770. The second kappa shape index (κ2) is 6.74. The topological polar surface area (TPSA) is 55.1 Å². The van der Waals surface area contributed by atoms with Gasteiger partial charge in [0.25, 0.3) is 0 Å². The molecule has 1 aromatic carbocycles. The lowest BCUT2D eigenvalue weighted by molar-refractivity contribution is -0.118. The lowest BCUT2D eigenvalue weighted by Crippen LogP contribution is -2.18. The molecule has 0 saturated heterocycles. The molecular formula is C11H14Cl2N2O. The Morgan fingerprint density at radius 2 is 2.12 bits per heavy atom. The van der Waals surface area contributed by atoms with Crippen molar-refractivity contribution in [1.82, 2.24) is 5.32 Å². The molecule has 0 aliphatic heterocycles. The highest BCUT2D eigenvalue weighted by molar-refractivity contribution is 6.35. The predicted octanol–water partition coefficient (Wildman–Crippen LogP) is 2.35. The van der Waals surface area contributed by atoms with Gasteiger partial charge >= 0.3 is 0 Å². The van der Waals surface area contributed by atoms with Gasteiger partial charge in [0.15, 0.2) is 0 Å². The van der Waals surface area contributed by atoms with Crippen LogP contribution in [-0.4, -0.2) is 12.5 Å². The first-order chi connectivity index (χ1) is 7.59. The minimum Gasteiger partial charge on any atom is -0.370 e. The number of rotatable bonds is 6. The maximum absolute atomic E-state index is 10.5. The summed E-state index contributed by atoms with van der Waals surface area (Å²) in [5.74, 6) is -0.272. The van der Waals surface area contributed by atoms with Crippen LogP contribution in [0.2, 0.25) is 10.0 Å². The van der Waals surface area contributed by atoms with E-state index in [0.29, 0.717) is 23.0 Å². The highest BCUT2D eigenvalue weighted by Gasteiger charge is 2.00. The fraction of sp³-hybridized carbons (Fsp3) is 0.364. The molecule has 3 N–H and O–H groups in total. The van der Waals surface area contributed by atoms with Gasteiger partial charge in [-0.25, -0.2) is 0 Å². The number of nitrogens with one attached hydrogen (secondary N) is 1. The molecule has 1 rings (SSSR count). The number of hydrogen-bond donors (Lipinski definition) is 2. The maximum Gasteiger partial charge on any atom is 0.217 e. The number of carbonyl (C=O) groups is 1. The van der Waals surface area contributed by atoms with Gasteiger partial charge in [-0.3, -0.25) is 4.79 Å². The highest BCUT2D eigenvalue weighted by atomic mass is 35.5. The van der Waals surface area contributed by atoms with E-state index in [4.69, 9.17) is 28.9 Å². The molecule has 0 fully saturated rings. The maximum atomic E-state index is 10.5. The van der Waals surface area contributed by atoms with Gasteiger partial charge in [-0.2, -0.15) is 0 Å². The van der Waals surface area contributed by atoms with Crippen LogP contribution in [0.1, 0.15) is 18.4 Å². The minimum absolute atomic E-state index is 0.272. The van der Waals surface area contributed by atoms with Crippen LogP contribution in [0, 0.1) is 0 Å². The molecule has 0 saturated carbocycles. The zero-order valence-electron chi connectivity index (χ0n) is 8.80. The third kappa shape index (κ3) is 4.84. The van der Waals surface area contributed by atoms with Crippen LogP contribution < -0.4 is 11.1 Å². The predicted molar refractivity (Wildman–Crippen MR) is 66.6 cm³/mol. The van der Waals surface area contributed by atoms with E-state index in [0.717, 1.165) is 18.5 Å². The zero-order chi connectivity index (χ0) is 12.0. The van der Waals surface area contributed by atoms with E-state index in [1.54, 1.807) is 12.1 Å². The fourth-order valence-electron chi connectivity index (χ4n) is 1.28. The van der Waals surface area contributed by atoms with Gasteiger partial charge in [-0.1, -0.05) is 29.3 Å². The molecule has 0 atom stereocenters. The van der Waals surface area contributed by atoms with E-state index in [9.17, 15) is 4.79 Å². The van der Waals surface area contributed by atoms with Crippen molar-refractivity contribution < 1.29 is 4.79 Å². The molecule has 88 valence electrons. The quantitative estimate of drug-likeness (QED) is 0.772. The summed E-state index contributed by atoms with van der Waals surface area (Å²) in [5, 5.41) is 4.46. The van der Waals surface area contributed by atoms with Crippen LogP contribution in [0.25, 0.3) is 0 Å². The molecule has 5 heteroatoms. The van der Waals surface area contributed by atoms with Gasteiger partial charge in [0.1, 0.15) is 0 Å². The molecule has 0 radical (unpaired) electrons. The third-order valence-electron chi connectivity index (χ3n) is 2.11. The second-order valence-corrected chi connectivity index (χ2v) is 4.33. The van der Waals surface area contributed by atoms with Crippen molar-refractivity contribution in [2.24, 2.45) is 5.73 Å². The van der Waals surface area contributed by atoms with Crippen LogP contribution in [0.5, 0.6) is 0 Å². The van der Waals surface area contributed by atoms with Crippen LogP contribution in [0.4, 0.5) is 0 Å². The smallest absolute Gasteiger partial charge is 0.217 e. The van der Waals surface area contributed by atoms with Crippen LogP contribution in [0.15, 0.2) is 18.2 Å². The minimum atomic E-state index is -0.272. The molecule has 0 aromatic heterocycles. The summed E-state index contributed by atoms with van der Waals surface area (Å²) in [4.78, 5) is 10.5. The van der Waals surface area contributed by atoms with E-state index in [-0.39, 0.29) is 5.91 Å². The summed E-state index contributed by atoms with van der Waals surface area (Å²) >= 11 is 11.8. The molecule has 1 amide bonds. The number of benzene rings is 1. The van der Waals surface area contributed by atoms with Gasteiger partial charge in [0.05, 0.1) is 0 Å². The van der Waals surface area contributed by atoms with Crippen molar-refractivity contribution in [3.8, 4) is 0 Å². The monoisotopic (exact) mass is 260 g/mol. The summed E-state index contributed by atoms with van der Waals surface area (Å²) in [5.41, 5.74) is 6.01. The normalized spacial score (nSPS) is 10.4. The molecule has 16 heavy (non-hydrogen) atoms. The number of amides is 1. The molecule has 0 bridgehead atoms. The molecule has 1 aromatic rings. The van der Waals surface area contributed by atoms with Crippen LogP contribution in [0.3, 0.4) is 0 Å². The highest BCUT2D eigenvalue weighted by Crippen LogP contribution is 2.20. The van der Waals surface area contributed by atoms with Crippen LogP contribution in [-0.2, 0) is 11.3 Å². The van der Waals surface area contributed by atoms with Gasteiger partial charge in [-0.05, 0) is 30.7 Å². The number of halogens is 2. The van der Waals surface area contributed by atoms with Crippen molar-refractivity contribution in [2.75, 3.05) is 6.54 Å². The van der Waals surface area contributed by atoms with Crippen molar-refractivity contribution in [2.45, 2.75) is 19.4 Å². The zero-order valence-corrected chi connectivity index (χ0v) is 10.3. The Balaban J connectivity index is 2.29. The average molecular weight is 261 g/mol. The Bertz CT molecular complexity index is 369. The number of carbonyl (C=O) groups excluding carboxylic acids is 1. The fourth-order valence-corrected chi connectivity index (χ4v) is 1.75. The number of hydrogen-bond acceptors (Lipinski definition) is 2. The Kier molecular flexibility index (Phi) is 5.60. The van der Waals surface area contributed by atoms with Gasteiger partial charge < -0.3 is 11.1 Å². The Morgan fingerprint density at radius 1 is 1.38 bits per heavy atom. The molecular weight excluding hydrogens is 247 g/mol. The van der Waals surface area contributed by atoms with E-state index >= 15 is 0 Å². The molecule has 0 spiro atoms. The van der Waals surface area contributed by atoms with E-state index in [1.807, 2.05) is 6.07 Å². The molecule has 0 heterocycles. The first kappa shape index (κ1) is 13.3. The Labute approximate surface area is 105 Å². The van der Waals surface area contributed by atoms with Crippen molar-refractivity contribution >= 4 is 29.1 Å². The average Bonchev–Trinajstić information content (AvgIpc) is 2.20. The number of nitrogens with two attached hydrogens (primary N) is 1. The molecule has 0 aliphatic carbocycles. The standard InChI is InChI=1S/C11H14Cl2N2O/c12-9-4-3-8(10(13)6-9)7-15-5-1-2-11(14)16/h3-4,6,15H,1-2,5,7H2,(H2,14,16). The lowest BCUT2D eigenvalue weighted by atomic mass is 10.2. The summed E-state index contributed by atoms with van der Waals surface area (Å²) in [6.45, 7) is 1.40. The lowest BCUT2D eigenvalue weighted by Gasteiger charge is -2.06. The van der Waals surface area contributed by atoms with E-state index in [2.05, 4.69) is 5.32 Å².